The van der Waals surface area contributed by atoms with Crippen LogP contribution in [0.3, 0.4) is 0 Å². The lowest BCUT2D eigenvalue weighted by Gasteiger charge is -2.43. The minimum Gasteiger partial charge on any atom is -0.394 e. The van der Waals surface area contributed by atoms with Crippen molar-refractivity contribution in [2.75, 3.05) is 6.61 Å². The summed E-state index contributed by atoms with van der Waals surface area (Å²) in [5.41, 5.74) is -3.00. The number of aromatic amines is 1. The second-order valence-corrected chi connectivity index (χ2v) is 9.51. The van der Waals surface area contributed by atoms with E-state index in [2.05, 4.69) is 4.98 Å². The van der Waals surface area contributed by atoms with E-state index in [-0.39, 0.29) is 6.42 Å². The Kier molecular flexibility index (Phi) is 7.72. The fraction of sp³-hybridized carbons (Fsp3) is 0.810. The molecule has 4 rings (SSSR count). The molecule has 0 amide bonds. The molecule has 0 bridgehead atoms. The number of aliphatic hydroxyl groups excluding tert-OH is 8. The second-order valence-electron chi connectivity index (χ2n) is 9.51. The van der Waals surface area contributed by atoms with Gasteiger partial charge in [-0.15, -0.1) is 0 Å². The number of nitrogens with zero attached hydrogens (tertiary/aromatic N) is 1. The zero-order chi connectivity index (χ0) is 26.6. The van der Waals surface area contributed by atoms with Gasteiger partial charge in [0.05, 0.1) is 36.2 Å². The number of rotatable bonds is 4. The first-order valence-electron chi connectivity index (χ1n) is 11.6. The first kappa shape index (κ1) is 27.3. The van der Waals surface area contributed by atoms with Crippen molar-refractivity contribution in [1.29, 1.82) is 0 Å². The fourth-order valence-electron chi connectivity index (χ4n) is 5.04. The van der Waals surface area contributed by atoms with Crippen LogP contribution in [0.25, 0.3) is 0 Å². The Bertz CT molecular complexity index is 1060. The van der Waals surface area contributed by atoms with Gasteiger partial charge in [0.15, 0.2) is 0 Å². The molecule has 0 spiro atoms. The molecule has 1 aromatic heterocycles. The van der Waals surface area contributed by atoms with E-state index in [4.69, 9.17) is 14.2 Å². The van der Waals surface area contributed by atoms with Crippen LogP contribution in [0.4, 0.5) is 0 Å². The molecule has 36 heavy (non-hydrogen) atoms. The predicted octanol–water partition coefficient (Wildman–Crippen LogP) is -4.74. The summed E-state index contributed by atoms with van der Waals surface area (Å²) < 4.78 is 17.8. The number of aromatic nitrogens is 2. The van der Waals surface area contributed by atoms with Crippen LogP contribution in [-0.4, -0.2) is 118 Å². The van der Waals surface area contributed by atoms with Crippen molar-refractivity contribution in [3.63, 3.8) is 0 Å². The highest BCUT2D eigenvalue weighted by atomic mass is 16.6. The zero-order valence-electron chi connectivity index (χ0n) is 19.5. The number of H-pyrrole nitrogens is 1. The Morgan fingerprint density at radius 2 is 1.33 bits per heavy atom. The van der Waals surface area contributed by atoms with E-state index in [0.717, 1.165) is 4.57 Å². The van der Waals surface area contributed by atoms with Crippen LogP contribution in [-0.2, 0) is 14.2 Å². The average molecular weight is 520 g/mol. The fourth-order valence-corrected chi connectivity index (χ4v) is 5.04. The van der Waals surface area contributed by atoms with Gasteiger partial charge < -0.3 is 55.1 Å². The Morgan fingerprint density at radius 3 is 1.86 bits per heavy atom. The van der Waals surface area contributed by atoms with E-state index in [9.17, 15) is 50.4 Å². The number of hydrogen-bond acceptors (Lipinski definition) is 13. The zero-order valence-corrected chi connectivity index (χ0v) is 19.5. The van der Waals surface area contributed by atoms with E-state index in [0.29, 0.717) is 0 Å². The van der Waals surface area contributed by atoms with Gasteiger partial charge >= 0.3 is 5.69 Å². The molecular weight excluding hydrogens is 488 g/mol. The van der Waals surface area contributed by atoms with Crippen molar-refractivity contribution in [1.82, 2.24) is 9.55 Å². The van der Waals surface area contributed by atoms with E-state index >= 15 is 0 Å². The SMILES string of the molecule is C[C@@H]1OC(c2c(C3O[C@@H](C)[C@@H](O)[C@@H](O)[C@@H]3O)n([C@H]3C[C@H](O)[C@@H](CO)O3)c(=O)[nH]c2=O)[C@@H](O)[C@H](O)[C@@H]1O. The monoisotopic (exact) mass is 520 g/mol. The molecule has 15 heteroatoms. The van der Waals surface area contributed by atoms with Crippen molar-refractivity contribution in [3.8, 4) is 0 Å². The molecular formula is C21H32N2O13. The highest BCUT2D eigenvalue weighted by Crippen LogP contribution is 2.40. The van der Waals surface area contributed by atoms with Gasteiger partial charge in [-0.2, -0.15) is 0 Å². The Hall–Kier alpha value is -1.76. The highest BCUT2D eigenvalue weighted by molar-refractivity contribution is 5.28. The lowest BCUT2D eigenvalue weighted by atomic mass is 9.87. The molecule has 1 aromatic rings. The van der Waals surface area contributed by atoms with Gasteiger partial charge in [0.25, 0.3) is 5.56 Å². The molecule has 3 aliphatic rings. The van der Waals surface area contributed by atoms with Crippen LogP contribution in [0.15, 0.2) is 9.59 Å². The van der Waals surface area contributed by atoms with Gasteiger partial charge in [0.1, 0.15) is 61.2 Å². The molecule has 204 valence electrons. The molecule has 0 aromatic carbocycles. The maximum atomic E-state index is 13.1. The van der Waals surface area contributed by atoms with Gasteiger partial charge in [-0.25, -0.2) is 4.79 Å². The summed E-state index contributed by atoms with van der Waals surface area (Å²) in [5, 5.41) is 82.3. The molecule has 0 radical (unpaired) electrons. The Morgan fingerprint density at radius 1 is 0.806 bits per heavy atom. The third kappa shape index (κ3) is 4.43. The van der Waals surface area contributed by atoms with Crippen LogP contribution in [0.1, 0.15) is 50.0 Å². The van der Waals surface area contributed by atoms with Crippen LogP contribution in [0, 0.1) is 0 Å². The largest absolute Gasteiger partial charge is 0.394 e. The molecule has 3 aliphatic heterocycles. The third-order valence-electron chi connectivity index (χ3n) is 7.15. The second kappa shape index (κ2) is 10.2. The molecule has 0 aliphatic carbocycles. The molecule has 3 saturated heterocycles. The summed E-state index contributed by atoms with van der Waals surface area (Å²) in [6.07, 6.45) is -19.5. The maximum Gasteiger partial charge on any atom is 0.330 e. The standard InChI is InChI=1S/C21H32N2O13/c1-5-12(26)14(28)16(30)18(34-5)10-11(19-17(31)15(29)13(27)6(2)35-19)23(21(33)22-20(10)32)9-3-7(25)8(4-24)36-9/h5-9,12-19,24-31H,3-4H2,1-2H3,(H,22,32,33)/t5-,6-,7-,8+,9+,12+,13+,14+,15+,16-,17-,18?,19?/m0/s1. The van der Waals surface area contributed by atoms with Gasteiger partial charge in [-0.3, -0.25) is 14.3 Å². The molecule has 4 heterocycles. The lowest BCUT2D eigenvalue weighted by molar-refractivity contribution is -0.229. The molecule has 3 fully saturated rings. The van der Waals surface area contributed by atoms with Crippen molar-refractivity contribution in [2.45, 2.75) is 99.7 Å². The van der Waals surface area contributed by atoms with Crippen LogP contribution < -0.4 is 11.2 Å². The smallest absolute Gasteiger partial charge is 0.330 e. The summed E-state index contributed by atoms with van der Waals surface area (Å²) in [6, 6.07) is 0. The molecule has 0 saturated carbocycles. The lowest BCUT2D eigenvalue weighted by Crippen LogP contribution is -2.57. The summed E-state index contributed by atoms with van der Waals surface area (Å²) in [6.45, 7) is 2.18. The van der Waals surface area contributed by atoms with E-state index in [1.807, 2.05) is 0 Å². The van der Waals surface area contributed by atoms with Crippen molar-refractivity contribution < 1.29 is 55.1 Å². The number of aliphatic hydroxyl groups is 8. The van der Waals surface area contributed by atoms with Crippen LogP contribution >= 0.6 is 0 Å². The molecule has 2 unspecified atom stereocenters. The summed E-state index contributed by atoms with van der Waals surface area (Å²) >= 11 is 0. The van der Waals surface area contributed by atoms with Crippen LogP contribution in [0.5, 0.6) is 0 Å². The summed E-state index contributed by atoms with van der Waals surface area (Å²) in [7, 11) is 0. The maximum absolute atomic E-state index is 13.1. The molecule has 13 atom stereocenters. The Balaban J connectivity index is 1.95. The van der Waals surface area contributed by atoms with E-state index in [1.54, 1.807) is 0 Å². The highest BCUT2D eigenvalue weighted by Gasteiger charge is 2.50. The number of hydrogen-bond donors (Lipinski definition) is 9. The van der Waals surface area contributed by atoms with Crippen molar-refractivity contribution in [3.05, 3.63) is 32.1 Å². The quantitative estimate of drug-likeness (QED) is 0.181. The van der Waals surface area contributed by atoms with Gasteiger partial charge in [-0.05, 0) is 13.8 Å². The van der Waals surface area contributed by atoms with Crippen LogP contribution in [0.2, 0.25) is 0 Å². The van der Waals surface area contributed by atoms with Crippen molar-refractivity contribution in [2.24, 2.45) is 0 Å². The van der Waals surface area contributed by atoms with Gasteiger partial charge in [-0.1, -0.05) is 0 Å². The number of nitrogens with one attached hydrogen (secondary N) is 1. The predicted molar refractivity (Wildman–Crippen MR) is 116 cm³/mol. The normalized spacial score (nSPS) is 45.7. The first-order valence-corrected chi connectivity index (χ1v) is 11.6. The van der Waals surface area contributed by atoms with E-state index < -0.39 is 109 Å². The summed E-state index contributed by atoms with van der Waals surface area (Å²) in [5.74, 6) is 0. The minimum absolute atomic E-state index is 0.223. The van der Waals surface area contributed by atoms with Gasteiger partial charge in [0.2, 0.25) is 0 Å². The summed E-state index contributed by atoms with van der Waals surface area (Å²) in [4.78, 5) is 28.3. The number of ether oxygens (including phenoxy) is 3. The topological polar surface area (TPSA) is 244 Å². The van der Waals surface area contributed by atoms with Gasteiger partial charge in [0, 0.05) is 6.42 Å². The van der Waals surface area contributed by atoms with E-state index in [1.165, 1.54) is 13.8 Å². The minimum atomic E-state index is -1.88. The third-order valence-corrected chi connectivity index (χ3v) is 7.15. The van der Waals surface area contributed by atoms with Crippen molar-refractivity contribution >= 4 is 0 Å². The average Bonchev–Trinajstić information content (AvgIpc) is 3.21. The molecule has 9 N–H and O–H groups in total. The first-order chi connectivity index (χ1) is 16.9. The Labute approximate surface area is 203 Å². The molecule has 15 nitrogen and oxygen atoms in total.